The normalized spacial score (nSPS) is 19.9. The number of hydrogen-bond donors (Lipinski definition) is 1. The summed E-state index contributed by atoms with van der Waals surface area (Å²) < 4.78 is 35.6. The van der Waals surface area contributed by atoms with Gasteiger partial charge in [-0.25, -0.2) is 0 Å². The molecule has 1 aliphatic heterocycles. The highest BCUT2D eigenvalue weighted by molar-refractivity contribution is 5.78. The van der Waals surface area contributed by atoms with Gasteiger partial charge in [-0.1, -0.05) is 13.3 Å². The lowest BCUT2D eigenvalue weighted by Gasteiger charge is -2.46. The minimum absolute atomic E-state index is 0.0236. The van der Waals surface area contributed by atoms with Crippen molar-refractivity contribution >= 4 is 5.91 Å². The molecule has 0 radical (unpaired) electrons. The molecule has 0 aromatic carbocycles. The highest BCUT2D eigenvalue weighted by Gasteiger charge is 2.45. The predicted molar refractivity (Wildman–Crippen MR) is 47.1 cm³/mol. The van der Waals surface area contributed by atoms with E-state index in [1.807, 2.05) is 6.92 Å². The van der Waals surface area contributed by atoms with Crippen molar-refractivity contribution in [2.24, 2.45) is 0 Å². The summed E-state index contributed by atoms with van der Waals surface area (Å²) in [6.45, 7) is 1.92. The molecule has 0 saturated carbocycles. The molecule has 0 aromatic heterocycles. The van der Waals surface area contributed by atoms with Crippen molar-refractivity contribution in [2.45, 2.75) is 38.0 Å². The van der Waals surface area contributed by atoms with Crippen molar-refractivity contribution in [3.8, 4) is 0 Å². The van der Waals surface area contributed by atoms with Gasteiger partial charge in [-0.15, -0.1) is 0 Å². The van der Waals surface area contributed by atoms with Gasteiger partial charge in [0.25, 0.3) is 0 Å². The lowest BCUT2D eigenvalue weighted by Crippen LogP contribution is -2.63. The molecular weight excluding hydrogens is 211 g/mol. The molecular formula is C9H14F3NO2. The third-order valence-electron chi connectivity index (χ3n) is 2.39. The second-order valence-electron chi connectivity index (χ2n) is 4.02. The molecule has 1 saturated heterocycles. The van der Waals surface area contributed by atoms with Gasteiger partial charge in [0, 0.05) is 0 Å². The topological polar surface area (TPSA) is 40.5 Å². The van der Waals surface area contributed by atoms with Crippen LogP contribution in [0.3, 0.4) is 0 Å². The first kappa shape index (κ1) is 12.3. The minimum Gasteiger partial charge on any atom is -0.386 e. The van der Waals surface area contributed by atoms with Crippen molar-refractivity contribution in [3.63, 3.8) is 0 Å². The Labute approximate surface area is 85.9 Å². The third-order valence-corrected chi connectivity index (χ3v) is 2.39. The van der Waals surface area contributed by atoms with Gasteiger partial charge in [0.2, 0.25) is 5.91 Å². The smallest absolute Gasteiger partial charge is 0.386 e. The second-order valence-corrected chi connectivity index (χ2v) is 4.02. The lowest BCUT2D eigenvalue weighted by atomic mass is 9.89. The number of rotatable bonds is 3. The van der Waals surface area contributed by atoms with Crippen LogP contribution >= 0.6 is 0 Å². The van der Waals surface area contributed by atoms with Gasteiger partial charge in [0.15, 0.2) is 0 Å². The van der Waals surface area contributed by atoms with Gasteiger partial charge in [-0.3, -0.25) is 4.79 Å². The largest absolute Gasteiger partial charge is 0.397 e. The van der Waals surface area contributed by atoms with E-state index < -0.39 is 24.1 Å². The standard InChI is InChI=1S/C9H14F3NO2/c1-2-3-8(15)5-13(6-8)7(14)4-9(10,11)12/h15H,2-6H2,1H3. The Morgan fingerprint density at radius 2 is 2.00 bits per heavy atom. The summed E-state index contributed by atoms with van der Waals surface area (Å²) >= 11 is 0. The van der Waals surface area contributed by atoms with Gasteiger partial charge in [0.1, 0.15) is 6.42 Å². The first-order valence-corrected chi connectivity index (χ1v) is 4.83. The number of β-amino-alcohol motifs (C(OH)–C–C–N with tert-alkyl or cyclic N) is 1. The van der Waals surface area contributed by atoms with E-state index in [1.165, 1.54) is 0 Å². The van der Waals surface area contributed by atoms with Crippen molar-refractivity contribution in [2.75, 3.05) is 13.1 Å². The second kappa shape index (κ2) is 4.00. The molecule has 0 spiro atoms. The van der Waals surface area contributed by atoms with Crippen LogP contribution in [0.4, 0.5) is 13.2 Å². The van der Waals surface area contributed by atoms with Gasteiger partial charge in [-0.2, -0.15) is 13.2 Å². The highest BCUT2D eigenvalue weighted by atomic mass is 19.4. The van der Waals surface area contributed by atoms with Crippen LogP contribution in [0.1, 0.15) is 26.2 Å². The Hall–Kier alpha value is -0.780. The first-order valence-electron chi connectivity index (χ1n) is 4.83. The molecule has 15 heavy (non-hydrogen) atoms. The van der Waals surface area contributed by atoms with Crippen LogP contribution < -0.4 is 0 Å². The highest BCUT2D eigenvalue weighted by Crippen LogP contribution is 2.29. The Balaban J connectivity index is 2.35. The van der Waals surface area contributed by atoms with E-state index >= 15 is 0 Å². The molecule has 0 bridgehead atoms. The number of likely N-dealkylation sites (tertiary alicyclic amines) is 1. The Morgan fingerprint density at radius 1 is 1.47 bits per heavy atom. The summed E-state index contributed by atoms with van der Waals surface area (Å²) in [5.41, 5.74) is -0.962. The third kappa shape index (κ3) is 3.37. The van der Waals surface area contributed by atoms with E-state index in [9.17, 15) is 23.1 Å². The zero-order chi connectivity index (χ0) is 11.7. The van der Waals surface area contributed by atoms with Crippen LogP contribution in [0.5, 0.6) is 0 Å². The molecule has 6 heteroatoms. The van der Waals surface area contributed by atoms with Crippen LogP contribution in [0.15, 0.2) is 0 Å². The summed E-state index contributed by atoms with van der Waals surface area (Å²) in [4.78, 5) is 12.1. The average molecular weight is 225 g/mol. The minimum atomic E-state index is -4.46. The Morgan fingerprint density at radius 3 is 2.40 bits per heavy atom. The molecule has 3 nitrogen and oxygen atoms in total. The number of nitrogens with zero attached hydrogens (tertiary/aromatic N) is 1. The molecule has 1 aliphatic rings. The first-order chi connectivity index (χ1) is 6.76. The zero-order valence-corrected chi connectivity index (χ0v) is 8.47. The number of aliphatic hydroxyl groups is 1. The fourth-order valence-corrected chi connectivity index (χ4v) is 1.75. The summed E-state index contributed by atoms with van der Waals surface area (Å²) in [6.07, 6.45) is -4.63. The van der Waals surface area contributed by atoms with Gasteiger partial charge in [-0.05, 0) is 6.42 Å². The number of amides is 1. The van der Waals surface area contributed by atoms with Crippen LogP contribution in [0.2, 0.25) is 0 Å². The number of hydrogen-bond acceptors (Lipinski definition) is 2. The maximum Gasteiger partial charge on any atom is 0.397 e. The monoisotopic (exact) mass is 225 g/mol. The van der Waals surface area contributed by atoms with Crippen molar-refractivity contribution in [3.05, 3.63) is 0 Å². The van der Waals surface area contributed by atoms with Gasteiger partial charge >= 0.3 is 6.18 Å². The zero-order valence-electron chi connectivity index (χ0n) is 8.47. The summed E-state index contributed by atoms with van der Waals surface area (Å²) in [5.74, 6) is -0.955. The van der Waals surface area contributed by atoms with E-state index in [2.05, 4.69) is 0 Å². The Bertz CT molecular complexity index is 246. The van der Waals surface area contributed by atoms with Crippen LogP contribution in [-0.4, -0.2) is 40.8 Å². The van der Waals surface area contributed by atoms with Crippen molar-refractivity contribution in [1.82, 2.24) is 4.90 Å². The van der Waals surface area contributed by atoms with Gasteiger partial charge in [0.05, 0.1) is 18.7 Å². The molecule has 1 rings (SSSR count). The quantitative estimate of drug-likeness (QED) is 0.786. The number of carbonyl (C=O) groups is 1. The van der Waals surface area contributed by atoms with Crippen LogP contribution in [0.25, 0.3) is 0 Å². The molecule has 1 heterocycles. The molecule has 1 fully saturated rings. The van der Waals surface area contributed by atoms with E-state index in [0.717, 1.165) is 11.3 Å². The number of carbonyl (C=O) groups excluding carboxylic acids is 1. The fraction of sp³-hybridized carbons (Fsp3) is 0.889. The predicted octanol–water partition coefficient (Wildman–Crippen LogP) is 1.31. The van der Waals surface area contributed by atoms with Crippen LogP contribution in [0, 0.1) is 0 Å². The summed E-state index contributed by atoms with van der Waals surface area (Å²) in [7, 11) is 0. The van der Waals surface area contributed by atoms with E-state index in [4.69, 9.17) is 0 Å². The number of halogens is 3. The molecule has 88 valence electrons. The summed E-state index contributed by atoms with van der Waals surface area (Å²) in [5, 5.41) is 9.65. The SMILES string of the molecule is CCCC1(O)CN(C(=O)CC(F)(F)F)C1. The fourth-order valence-electron chi connectivity index (χ4n) is 1.75. The van der Waals surface area contributed by atoms with Crippen molar-refractivity contribution in [1.29, 1.82) is 0 Å². The van der Waals surface area contributed by atoms with E-state index in [0.29, 0.717) is 6.42 Å². The molecule has 0 aromatic rings. The molecule has 0 unspecified atom stereocenters. The van der Waals surface area contributed by atoms with E-state index in [-0.39, 0.29) is 13.1 Å². The molecule has 1 amide bonds. The average Bonchev–Trinajstić information content (AvgIpc) is 1.96. The summed E-state index contributed by atoms with van der Waals surface area (Å²) in [6, 6.07) is 0. The number of alkyl halides is 3. The molecule has 0 aliphatic carbocycles. The maximum atomic E-state index is 11.9. The molecule has 0 atom stereocenters. The van der Waals surface area contributed by atoms with Crippen LogP contribution in [-0.2, 0) is 4.79 Å². The lowest BCUT2D eigenvalue weighted by molar-refractivity contribution is -0.178. The van der Waals surface area contributed by atoms with E-state index in [1.54, 1.807) is 0 Å². The maximum absolute atomic E-state index is 11.9. The van der Waals surface area contributed by atoms with Gasteiger partial charge < -0.3 is 10.0 Å². The van der Waals surface area contributed by atoms with Crippen molar-refractivity contribution < 1.29 is 23.1 Å². The molecule has 1 N–H and O–H groups in total. The Kier molecular flexibility index (Phi) is 3.28.